The van der Waals surface area contributed by atoms with Crippen molar-refractivity contribution in [3.63, 3.8) is 0 Å². The molecule has 0 aliphatic carbocycles. The van der Waals surface area contributed by atoms with Gasteiger partial charge in [-0.25, -0.2) is 9.78 Å². The number of anilines is 1. The van der Waals surface area contributed by atoms with Gasteiger partial charge in [-0.2, -0.15) is 5.10 Å². The van der Waals surface area contributed by atoms with Crippen LogP contribution >= 0.6 is 11.6 Å². The third-order valence-corrected chi connectivity index (χ3v) is 3.17. The Morgan fingerprint density at radius 1 is 1.39 bits per heavy atom. The first-order valence-electron chi connectivity index (χ1n) is 7.30. The number of ether oxygens (including phenoxy) is 1. The zero-order valence-electron chi connectivity index (χ0n) is 13.3. The maximum atomic E-state index is 12.1. The summed E-state index contributed by atoms with van der Waals surface area (Å²) in [5, 5.41) is 10.0. The van der Waals surface area contributed by atoms with Crippen LogP contribution in [0.25, 0.3) is 0 Å². The van der Waals surface area contributed by atoms with E-state index in [4.69, 9.17) is 16.3 Å². The fourth-order valence-corrected chi connectivity index (χ4v) is 2.22. The van der Waals surface area contributed by atoms with Crippen LogP contribution in [0.4, 0.5) is 10.5 Å². The molecule has 0 saturated heterocycles. The van der Waals surface area contributed by atoms with E-state index < -0.39 is 0 Å². The summed E-state index contributed by atoms with van der Waals surface area (Å²) in [5.41, 5.74) is 0.525. The number of nitrogens with zero attached hydrogens (tertiary/aromatic N) is 3. The summed E-state index contributed by atoms with van der Waals surface area (Å²) in [6.07, 6.45) is 3.00. The van der Waals surface area contributed by atoms with Crippen molar-refractivity contribution in [3.05, 3.63) is 35.9 Å². The highest BCUT2D eigenvalue weighted by Gasteiger charge is 2.14. The molecule has 1 aromatic heterocycles. The number of benzene rings is 1. The Hall–Kier alpha value is -2.28. The first-order valence-corrected chi connectivity index (χ1v) is 7.68. The van der Waals surface area contributed by atoms with Gasteiger partial charge in [0.05, 0.1) is 23.4 Å². The molecule has 0 spiro atoms. The Balaban J connectivity index is 1.98. The van der Waals surface area contributed by atoms with Gasteiger partial charge in [0.2, 0.25) is 0 Å². The molecule has 1 aromatic carbocycles. The van der Waals surface area contributed by atoms with Gasteiger partial charge in [-0.3, -0.25) is 4.68 Å². The molecule has 1 atom stereocenters. The number of amides is 2. The van der Waals surface area contributed by atoms with Crippen molar-refractivity contribution >= 4 is 23.3 Å². The highest BCUT2D eigenvalue weighted by atomic mass is 35.5. The molecule has 2 rings (SSSR count). The molecule has 1 heterocycles. The van der Waals surface area contributed by atoms with Gasteiger partial charge in [0.1, 0.15) is 12.7 Å². The smallest absolute Gasteiger partial charge is 0.319 e. The predicted octanol–water partition coefficient (Wildman–Crippen LogP) is 2.93. The summed E-state index contributed by atoms with van der Waals surface area (Å²) in [6, 6.07) is 4.75. The number of halogens is 1. The van der Waals surface area contributed by atoms with E-state index in [-0.39, 0.29) is 18.2 Å². The molecular weight excluding hydrogens is 318 g/mol. The molecule has 1 unspecified atom stereocenters. The van der Waals surface area contributed by atoms with Gasteiger partial charge >= 0.3 is 6.03 Å². The van der Waals surface area contributed by atoms with Crippen LogP contribution in [-0.2, 0) is 6.54 Å². The summed E-state index contributed by atoms with van der Waals surface area (Å²) < 4.78 is 7.32. The third-order valence-electron chi connectivity index (χ3n) is 2.87. The average molecular weight is 338 g/mol. The van der Waals surface area contributed by atoms with E-state index in [1.165, 1.54) is 6.33 Å². The Kier molecular flexibility index (Phi) is 5.81. The molecule has 2 amide bonds. The molecule has 2 aromatic rings. The van der Waals surface area contributed by atoms with Crippen LogP contribution in [-0.4, -0.2) is 32.9 Å². The molecule has 0 fully saturated rings. The fourth-order valence-electron chi connectivity index (χ4n) is 2.00. The van der Waals surface area contributed by atoms with Crippen molar-refractivity contribution in [2.45, 2.75) is 39.5 Å². The zero-order chi connectivity index (χ0) is 16.8. The minimum atomic E-state index is -0.339. The van der Waals surface area contributed by atoms with Crippen LogP contribution in [0, 0.1) is 0 Å². The van der Waals surface area contributed by atoms with Crippen LogP contribution in [0.1, 0.15) is 20.8 Å². The Morgan fingerprint density at radius 2 is 2.17 bits per heavy atom. The summed E-state index contributed by atoms with van der Waals surface area (Å²) >= 11 is 6.14. The van der Waals surface area contributed by atoms with Crippen molar-refractivity contribution in [1.29, 1.82) is 0 Å². The third kappa shape index (κ3) is 5.14. The van der Waals surface area contributed by atoms with E-state index in [9.17, 15) is 4.79 Å². The Morgan fingerprint density at radius 3 is 2.83 bits per heavy atom. The summed E-state index contributed by atoms with van der Waals surface area (Å²) in [4.78, 5) is 16.0. The maximum Gasteiger partial charge on any atom is 0.319 e. The Bertz CT molecular complexity index is 645. The molecule has 0 aliphatic rings. The van der Waals surface area contributed by atoms with Gasteiger partial charge in [0.25, 0.3) is 0 Å². The van der Waals surface area contributed by atoms with Gasteiger partial charge < -0.3 is 15.4 Å². The lowest BCUT2D eigenvalue weighted by Gasteiger charge is -2.18. The number of hydrogen-bond donors (Lipinski definition) is 2. The van der Waals surface area contributed by atoms with Gasteiger partial charge in [0, 0.05) is 6.04 Å². The number of rotatable bonds is 6. The lowest BCUT2D eigenvalue weighted by atomic mass is 10.3. The average Bonchev–Trinajstić information content (AvgIpc) is 2.94. The summed E-state index contributed by atoms with van der Waals surface area (Å²) in [7, 11) is 0. The molecular formula is C15H20ClN5O2. The molecule has 7 nitrogen and oxygen atoms in total. The second kappa shape index (κ2) is 7.82. The predicted molar refractivity (Wildman–Crippen MR) is 88.9 cm³/mol. The highest BCUT2D eigenvalue weighted by Crippen LogP contribution is 2.33. The number of aromatic nitrogens is 3. The van der Waals surface area contributed by atoms with E-state index in [1.807, 2.05) is 20.8 Å². The molecule has 0 radical (unpaired) electrons. The van der Waals surface area contributed by atoms with Crippen LogP contribution in [0.3, 0.4) is 0 Å². The number of hydrogen-bond acceptors (Lipinski definition) is 4. The van der Waals surface area contributed by atoms with E-state index in [2.05, 4.69) is 20.7 Å². The molecule has 23 heavy (non-hydrogen) atoms. The molecule has 0 bridgehead atoms. The topological polar surface area (TPSA) is 81.1 Å². The van der Waals surface area contributed by atoms with Gasteiger partial charge in [-0.1, -0.05) is 17.7 Å². The van der Waals surface area contributed by atoms with Crippen LogP contribution < -0.4 is 15.4 Å². The monoisotopic (exact) mass is 337 g/mol. The number of carbonyl (C=O) groups is 1. The molecule has 2 N–H and O–H groups in total. The number of carbonyl (C=O) groups excluding carboxylic acids is 1. The quantitative estimate of drug-likeness (QED) is 0.849. The summed E-state index contributed by atoms with van der Waals surface area (Å²) in [5.74, 6) is 0.461. The second-order valence-electron chi connectivity index (χ2n) is 5.40. The first-order chi connectivity index (χ1) is 11.0. The molecule has 124 valence electrons. The van der Waals surface area contributed by atoms with Crippen LogP contribution in [0.5, 0.6) is 5.75 Å². The van der Waals surface area contributed by atoms with Crippen molar-refractivity contribution in [2.75, 3.05) is 5.32 Å². The minimum Gasteiger partial charge on any atom is -0.487 e. The highest BCUT2D eigenvalue weighted by molar-refractivity contribution is 6.32. The normalized spacial score (nSPS) is 12.0. The zero-order valence-corrected chi connectivity index (χ0v) is 14.0. The lowest BCUT2D eigenvalue weighted by Crippen LogP contribution is -2.38. The Labute approximate surface area is 140 Å². The maximum absolute atomic E-state index is 12.1. The van der Waals surface area contributed by atoms with E-state index in [0.29, 0.717) is 23.0 Å². The second-order valence-corrected chi connectivity index (χ2v) is 5.81. The van der Waals surface area contributed by atoms with Crippen molar-refractivity contribution < 1.29 is 9.53 Å². The SMILES string of the molecule is CC(Cn1cncn1)NC(=O)Nc1cccc(Cl)c1OC(C)C. The first kappa shape index (κ1) is 17.1. The van der Waals surface area contributed by atoms with E-state index in [1.54, 1.807) is 29.2 Å². The fraction of sp³-hybridized carbons (Fsp3) is 0.400. The van der Waals surface area contributed by atoms with Gasteiger partial charge in [-0.15, -0.1) is 0 Å². The van der Waals surface area contributed by atoms with Crippen LogP contribution in [0.15, 0.2) is 30.9 Å². The van der Waals surface area contributed by atoms with E-state index in [0.717, 1.165) is 0 Å². The standard InChI is InChI=1S/C15H20ClN5O2/c1-10(2)23-14-12(16)5-4-6-13(14)20-15(22)19-11(3)7-21-9-17-8-18-21/h4-6,8-11H,7H2,1-3H3,(H2,19,20,22). The van der Waals surface area contributed by atoms with Crippen molar-refractivity contribution in [2.24, 2.45) is 0 Å². The minimum absolute atomic E-state index is 0.0512. The van der Waals surface area contributed by atoms with Gasteiger partial charge in [-0.05, 0) is 32.9 Å². The van der Waals surface area contributed by atoms with Crippen molar-refractivity contribution in [3.8, 4) is 5.75 Å². The lowest BCUT2D eigenvalue weighted by molar-refractivity contribution is 0.240. The largest absolute Gasteiger partial charge is 0.487 e. The van der Waals surface area contributed by atoms with E-state index >= 15 is 0 Å². The number of para-hydroxylation sites is 1. The summed E-state index contributed by atoms with van der Waals surface area (Å²) in [6.45, 7) is 6.20. The van der Waals surface area contributed by atoms with Crippen molar-refractivity contribution in [1.82, 2.24) is 20.1 Å². The van der Waals surface area contributed by atoms with Crippen LogP contribution in [0.2, 0.25) is 5.02 Å². The molecule has 8 heteroatoms. The van der Waals surface area contributed by atoms with Gasteiger partial charge in [0.15, 0.2) is 5.75 Å². The molecule has 0 aliphatic heterocycles. The number of urea groups is 1. The number of nitrogens with one attached hydrogen (secondary N) is 2. The molecule has 0 saturated carbocycles.